The van der Waals surface area contributed by atoms with Gasteiger partial charge in [-0.2, -0.15) is 5.10 Å². The molecular weight excluding hydrogens is 380 g/mol. The Hall–Kier alpha value is -4.34. The SMILES string of the molecule is Cc1ccc([N+](=O)[O-])cc1-c1ccc(/C=N\NC(=O)c2ccc([N+](=O)[O-])cc2)o1. The lowest BCUT2D eigenvalue weighted by Crippen LogP contribution is -2.17. The van der Waals surface area contributed by atoms with Gasteiger partial charge in [0.2, 0.25) is 0 Å². The van der Waals surface area contributed by atoms with Gasteiger partial charge in [0.15, 0.2) is 0 Å². The van der Waals surface area contributed by atoms with Crippen LogP contribution < -0.4 is 5.43 Å². The van der Waals surface area contributed by atoms with Gasteiger partial charge in [-0.15, -0.1) is 0 Å². The van der Waals surface area contributed by atoms with E-state index in [1.54, 1.807) is 25.1 Å². The standard InChI is InChI=1S/C19H14N4O6/c1-12-2-5-15(23(27)28)10-17(12)18-9-8-16(29-18)11-20-21-19(24)13-3-6-14(7-4-13)22(25)26/h2-11H,1H3,(H,21,24)/b20-11-. The molecule has 29 heavy (non-hydrogen) atoms. The molecule has 146 valence electrons. The molecule has 10 nitrogen and oxygen atoms in total. The van der Waals surface area contributed by atoms with Crippen molar-refractivity contribution in [2.24, 2.45) is 5.10 Å². The maximum absolute atomic E-state index is 12.0. The lowest BCUT2D eigenvalue weighted by Gasteiger charge is -2.02. The second-order valence-corrected chi connectivity index (χ2v) is 5.96. The summed E-state index contributed by atoms with van der Waals surface area (Å²) < 4.78 is 5.62. The first kappa shape index (κ1) is 19.4. The first-order valence-corrected chi connectivity index (χ1v) is 8.28. The fraction of sp³-hybridized carbons (Fsp3) is 0.0526. The third-order valence-electron chi connectivity index (χ3n) is 4.02. The van der Waals surface area contributed by atoms with E-state index in [0.717, 1.165) is 5.56 Å². The number of benzene rings is 2. The Labute approximate surface area is 163 Å². The molecule has 1 N–H and O–H groups in total. The molecule has 0 bridgehead atoms. The van der Waals surface area contributed by atoms with E-state index in [-0.39, 0.29) is 16.9 Å². The fourth-order valence-corrected chi connectivity index (χ4v) is 2.51. The second kappa shape index (κ2) is 8.13. The summed E-state index contributed by atoms with van der Waals surface area (Å²) in [6, 6.07) is 12.8. The average molecular weight is 394 g/mol. The van der Waals surface area contributed by atoms with E-state index in [0.29, 0.717) is 17.1 Å². The number of furan rings is 1. The van der Waals surface area contributed by atoms with E-state index in [2.05, 4.69) is 10.5 Å². The van der Waals surface area contributed by atoms with Crippen molar-refractivity contribution < 1.29 is 19.1 Å². The molecule has 3 aromatic rings. The van der Waals surface area contributed by atoms with Crippen molar-refractivity contribution in [1.29, 1.82) is 0 Å². The van der Waals surface area contributed by atoms with E-state index in [1.807, 2.05) is 0 Å². The quantitative estimate of drug-likeness (QED) is 0.382. The van der Waals surface area contributed by atoms with Crippen molar-refractivity contribution in [3.05, 3.63) is 91.7 Å². The van der Waals surface area contributed by atoms with E-state index >= 15 is 0 Å². The fourth-order valence-electron chi connectivity index (χ4n) is 2.51. The van der Waals surface area contributed by atoms with Crippen molar-refractivity contribution in [3.8, 4) is 11.3 Å². The molecule has 0 spiro atoms. The molecule has 0 atom stereocenters. The normalized spacial score (nSPS) is 10.8. The first-order valence-electron chi connectivity index (χ1n) is 8.28. The highest BCUT2D eigenvalue weighted by Crippen LogP contribution is 2.28. The van der Waals surface area contributed by atoms with E-state index in [1.165, 1.54) is 42.6 Å². The summed E-state index contributed by atoms with van der Waals surface area (Å²) in [6.45, 7) is 1.81. The smallest absolute Gasteiger partial charge is 0.271 e. The monoisotopic (exact) mass is 394 g/mol. The highest BCUT2D eigenvalue weighted by Gasteiger charge is 2.13. The Bertz CT molecular complexity index is 1120. The number of rotatable bonds is 6. The minimum atomic E-state index is -0.558. The summed E-state index contributed by atoms with van der Waals surface area (Å²) in [5.74, 6) is 0.210. The van der Waals surface area contributed by atoms with Gasteiger partial charge in [-0.3, -0.25) is 25.0 Å². The van der Waals surface area contributed by atoms with Crippen LogP contribution >= 0.6 is 0 Å². The molecule has 0 radical (unpaired) electrons. The Kier molecular flexibility index (Phi) is 5.44. The van der Waals surface area contributed by atoms with Crippen molar-refractivity contribution in [3.63, 3.8) is 0 Å². The summed E-state index contributed by atoms with van der Waals surface area (Å²) in [5, 5.41) is 25.4. The van der Waals surface area contributed by atoms with Crippen LogP contribution in [-0.4, -0.2) is 22.0 Å². The van der Waals surface area contributed by atoms with Gasteiger partial charge in [0, 0.05) is 35.4 Å². The minimum absolute atomic E-state index is 0.0485. The molecule has 1 aromatic heterocycles. The maximum atomic E-state index is 12.0. The molecule has 0 saturated heterocycles. The van der Waals surface area contributed by atoms with Crippen molar-refractivity contribution in [1.82, 2.24) is 5.43 Å². The molecule has 0 aliphatic rings. The van der Waals surface area contributed by atoms with Crippen LogP contribution in [0.3, 0.4) is 0 Å². The maximum Gasteiger partial charge on any atom is 0.271 e. The first-order chi connectivity index (χ1) is 13.8. The van der Waals surface area contributed by atoms with Gasteiger partial charge in [-0.05, 0) is 36.8 Å². The molecule has 10 heteroatoms. The number of hydrazone groups is 1. The van der Waals surface area contributed by atoms with E-state index in [9.17, 15) is 25.0 Å². The lowest BCUT2D eigenvalue weighted by molar-refractivity contribution is -0.385. The van der Waals surface area contributed by atoms with Gasteiger partial charge in [-0.1, -0.05) is 6.07 Å². The molecule has 0 aliphatic carbocycles. The number of nitrogens with one attached hydrogen (secondary N) is 1. The zero-order valence-electron chi connectivity index (χ0n) is 15.1. The van der Waals surface area contributed by atoms with Crippen molar-refractivity contribution >= 4 is 23.5 Å². The third kappa shape index (κ3) is 4.50. The van der Waals surface area contributed by atoms with Crippen LogP contribution in [0.4, 0.5) is 11.4 Å². The van der Waals surface area contributed by atoms with Crippen LogP contribution in [0.1, 0.15) is 21.7 Å². The molecule has 1 amide bonds. The topological polar surface area (TPSA) is 141 Å². The molecular formula is C19H14N4O6. The second-order valence-electron chi connectivity index (χ2n) is 5.96. The summed E-state index contributed by atoms with van der Waals surface area (Å²) in [4.78, 5) is 32.5. The minimum Gasteiger partial charge on any atom is -0.455 e. The van der Waals surface area contributed by atoms with Crippen molar-refractivity contribution in [2.75, 3.05) is 0 Å². The Balaban J connectivity index is 1.69. The summed E-state index contributed by atoms with van der Waals surface area (Å²) >= 11 is 0. The Morgan fingerprint density at radius 1 is 1.00 bits per heavy atom. The molecule has 2 aromatic carbocycles. The largest absolute Gasteiger partial charge is 0.455 e. The van der Waals surface area contributed by atoms with Crippen molar-refractivity contribution in [2.45, 2.75) is 6.92 Å². The number of carbonyl (C=O) groups is 1. The summed E-state index contributed by atoms with van der Waals surface area (Å²) in [7, 11) is 0. The predicted octanol–water partition coefficient (Wildman–Crippen LogP) is 3.84. The Morgan fingerprint density at radius 2 is 1.66 bits per heavy atom. The van der Waals surface area contributed by atoms with E-state index in [4.69, 9.17) is 4.42 Å². The predicted molar refractivity (Wildman–Crippen MR) is 104 cm³/mol. The molecule has 0 fully saturated rings. The lowest BCUT2D eigenvalue weighted by atomic mass is 10.1. The number of aryl methyl sites for hydroxylation is 1. The highest BCUT2D eigenvalue weighted by molar-refractivity contribution is 5.94. The molecule has 0 saturated carbocycles. The molecule has 0 unspecified atom stereocenters. The summed E-state index contributed by atoms with van der Waals surface area (Å²) in [6.07, 6.45) is 1.28. The average Bonchev–Trinajstić information content (AvgIpc) is 3.16. The van der Waals surface area contributed by atoms with Crippen LogP contribution in [0.15, 0.2) is 64.1 Å². The van der Waals surface area contributed by atoms with Crippen LogP contribution in [0.5, 0.6) is 0 Å². The zero-order chi connectivity index (χ0) is 21.0. The van der Waals surface area contributed by atoms with Gasteiger partial charge in [0.1, 0.15) is 11.5 Å². The Morgan fingerprint density at radius 3 is 2.31 bits per heavy atom. The number of hydrogen-bond acceptors (Lipinski definition) is 7. The number of amides is 1. The van der Waals surface area contributed by atoms with Crippen LogP contribution in [0.25, 0.3) is 11.3 Å². The van der Waals surface area contributed by atoms with E-state index < -0.39 is 15.8 Å². The van der Waals surface area contributed by atoms with Gasteiger partial charge in [0.25, 0.3) is 17.3 Å². The number of carbonyl (C=O) groups excluding carboxylic acids is 1. The number of non-ortho nitro benzene ring substituents is 2. The number of nitrogens with zero attached hydrogens (tertiary/aromatic N) is 3. The third-order valence-corrected chi connectivity index (χ3v) is 4.02. The zero-order valence-corrected chi connectivity index (χ0v) is 15.1. The van der Waals surface area contributed by atoms with Crippen LogP contribution in [0.2, 0.25) is 0 Å². The highest BCUT2D eigenvalue weighted by atomic mass is 16.6. The van der Waals surface area contributed by atoms with Gasteiger partial charge in [-0.25, -0.2) is 5.43 Å². The molecule has 0 aliphatic heterocycles. The van der Waals surface area contributed by atoms with Gasteiger partial charge < -0.3 is 4.42 Å². The number of nitro benzene ring substituents is 2. The van der Waals surface area contributed by atoms with Gasteiger partial charge in [0.05, 0.1) is 16.1 Å². The van der Waals surface area contributed by atoms with Crippen LogP contribution in [-0.2, 0) is 0 Å². The molecule has 1 heterocycles. The number of nitro groups is 2. The van der Waals surface area contributed by atoms with Gasteiger partial charge >= 0.3 is 0 Å². The number of hydrogen-bond donors (Lipinski definition) is 1. The molecule has 3 rings (SSSR count). The summed E-state index contributed by atoms with van der Waals surface area (Å²) in [5.41, 5.74) is 3.71. The van der Waals surface area contributed by atoms with Crippen LogP contribution in [0, 0.1) is 27.2 Å².